The number of aromatic carboxylic acids is 1. The number of carboxylic acids is 1. The van der Waals surface area contributed by atoms with E-state index in [9.17, 15) is 9.18 Å². The van der Waals surface area contributed by atoms with Gasteiger partial charge in [-0.3, -0.25) is 4.99 Å². The molecule has 0 bridgehead atoms. The summed E-state index contributed by atoms with van der Waals surface area (Å²) in [4.78, 5) is 15.3. The van der Waals surface area contributed by atoms with E-state index in [2.05, 4.69) is 73.0 Å². The molecule has 6 nitrogen and oxygen atoms in total. The molecular formula is C46H67FN2O4S. The first-order chi connectivity index (χ1) is 25.4. The van der Waals surface area contributed by atoms with Crippen molar-refractivity contribution >= 4 is 30.0 Å². The standard InChI is InChI=1S/C16H12FNO2.C14H19NO2.C6H14S.C5H10.C5H12/c1-10-4-3-5-14-15(10)20-16(2,19-14)12-7-6-11(9-18)8-13(12)17;1-9(2)7-11(4)15-13-6-5-12(14(16)17)8-10(13)3;1-3-4-5-6(2)7;1-4-3-5(4)2;1-3-5-4-2/h3-8H,1-2H3;5-6,8-9H,7H2,1-4H3,(H,16,17);6-7H,3-5H2,1-2H3;4-5H,3H2,1-2H3;3-5H2,1-2H3. The molecule has 0 aromatic heterocycles. The lowest BCUT2D eigenvalue weighted by molar-refractivity contribution is -0.0709. The first-order valence-electron chi connectivity index (χ1n) is 19.7. The minimum atomic E-state index is -1.22. The lowest BCUT2D eigenvalue weighted by Crippen LogP contribution is -2.32. The van der Waals surface area contributed by atoms with Crippen LogP contribution in [0.5, 0.6) is 11.5 Å². The molecule has 2 aliphatic rings. The molecule has 0 saturated heterocycles. The van der Waals surface area contributed by atoms with Gasteiger partial charge >= 0.3 is 5.97 Å². The number of nitriles is 1. The number of halogens is 1. The number of thiol groups is 1. The number of unbranched alkanes of at least 4 members (excludes halogenated alkanes) is 3. The molecule has 298 valence electrons. The van der Waals surface area contributed by atoms with Gasteiger partial charge in [0.15, 0.2) is 11.5 Å². The lowest BCUT2D eigenvalue weighted by atomic mass is 10.0. The van der Waals surface area contributed by atoms with Gasteiger partial charge < -0.3 is 14.6 Å². The summed E-state index contributed by atoms with van der Waals surface area (Å²) in [6.07, 6.45) is 10.4. The van der Waals surface area contributed by atoms with Gasteiger partial charge in [-0.15, -0.1) is 0 Å². The Morgan fingerprint density at radius 1 is 0.981 bits per heavy atom. The molecule has 54 heavy (non-hydrogen) atoms. The van der Waals surface area contributed by atoms with E-state index in [-0.39, 0.29) is 11.1 Å². The van der Waals surface area contributed by atoms with Crippen molar-refractivity contribution in [2.75, 3.05) is 0 Å². The number of aryl methyl sites for hydroxylation is 2. The number of hydrogen-bond acceptors (Lipinski definition) is 6. The van der Waals surface area contributed by atoms with Crippen molar-refractivity contribution in [3.63, 3.8) is 0 Å². The zero-order valence-electron chi connectivity index (χ0n) is 35.1. The Balaban J connectivity index is 0.000000383. The Morgan fingerprint density at radius 2 is 1.59 bits per heavy atom. The third kappa shape index (κ3) is 17.5. The highest BCUT2D eigenvalue weighted by atomic mass is 32.1. The maximum absolute atomic E-state index is 14.1. The average Bonchev–Trinajstić information content (AvgIpc) is 3.62. The van der Waals surface area contributed by atoms with Crippen LogP contribution in [0.2, 0.25) is 0 Å². The number of fused-ring (bicyclic) bond motifs is 1. The van der Waals surface area contributed by atoms with Gasteiger partial charge in [0.2, 0.25) is 0 Å². The van der Waals surface area contributed by atoms with E-state index in [0.29, 0.717) is 28.2 Å². The number of nitrogens with zero attached hydrogens (tertiary/aromatic N) is 2. The number of carbonyl (C=O) groups is 1. The topological polar surface area (TPSA) is 91.9 Å². The maximum Gasteiger partial charge on any atom is 0.335 e. The van der Waals surface area contributed by atoms with Crippen LogP contribution in [0, 0.1) is 48.7 Å². The number of para-hydroxylation sites is 1. The number of benzene rings is 3. The second-order valence-electron chi connectivity index (χ2n) is 15.1. The summed E-state index contributed by atoms with van der Waals surface area (Å²) in [6.45, 7) is 25.1. The second kappa shape index (κ2) is 24.6. The third-order valence-electron chi connectivity index (χ3n) is 9.02. The van der Waals surface area contributed by atoms with Gasteiger partial charge in [0.1, 0.15) is 5.82 Å². The summed E-state index contributed by atoms with van der Waals surface area (Å²) >= 11 is 4.23. The fourth-order valence-corrected chi connectivity index (χ4v) is 5.62. The van der Waals surface area contributed by atoms with Crippen LogP contribution in [0.1, 0.15) is 153 Å². The van der Waals surface area contributed by atoms with E-state index in [4.69, 9.17) is 19.8 Å². The van der Waals surface area contributed by atoms with Crippen LogP contribution in [0.15, 0.2) is 59.6 Å². The fourth-order valence-electron chi connectivity index (χ4n) is 5.44. The molecule has 1 heterocycles. The highest BCUT2D eigenvalue weighted by Gasteiger charge is 2.41. The first kappa shape index (κ1) is 48.2. The summed E-state index contributed by atoms with van der Waals surface area (Å²) in [6, 6.07) is 16.7. The Bertz CT molecular complexity index is 1660. The molecule has 1 aliphatic heterocycles. The Kier molecular flexibility index (Phi) is 21.9. The predicted molar refractivity (Wildman–Crippen MR) is 227 cm³/mol. The van der Waals surface area contributed by atoms with Crippen molar-refractivity contribution in [2.45, 2.75) is 145 Å². The summed E-state index contributed by atoms with van der Waals surface area (Å²) in [5.41, 5.74) is 4.60. The van der Waals surface area contributed by atoms with Crippen molar-refractivity contribution in [2.24, 2.45) is 22.7 Å². The van der Waals surface area contributed by atoms with Gasteiger partial charge in [-0.25, -0.2) is 9.18 Å². The van der Waals surface area contributed by atoms with Gasteiger partial charge in [0.25, 0.3) is 5.79 Å². The van der Waals surface area contributed by atoms with Crippen LogP contribution < -0.4 is 9.47 Å². The van der Waals surface area contributed by atoms with Crippen LogP contribution in [0.4, 0.5) is 10.1 Å². The Morgan fingerprint density at radius 3 is 2.00 bits per heavy atom. The highest BCUT2D eigenvalue weighted by Crippen LogP contribution is 2.46. The predicted octanol–water partition coefficient (Wildman–Crippen LogP) is 13.8. The second-order valence-corrected chi connectivity index (χ2v) is 16.0. The number of aliphatic imine (C=N–C) groups is 1. The van der Waals surface area contributed by atoms with Crippen molar-refractivity contribution in [3.05, 3.63) is 88.2 Å². The number of rotatable bonds is 10. The van der Waals surface area contributed by atoms with E-state index in [1.807, 2.05) is 39.0 Å². The van der Waals surface area contributed by atoms with Gasteiger partial charge in [-0.2, -0.15) is 17.9 Å². The fraction of sp³-hybridized carbons (Fsp3) is 0.543. The lowest BCUT2D eigenvalue weighted by Gasteiger charge is -2.24. The molecule has 4 atom stereocenters. The van der Waals surface area contributed by atoms with Crippen molar-refractivity contribution < 1.29 is 23.8 Å². The average molecular weight is 763 g/mol. The molecule has 1 aliphatic carbocycles. The molecule has 5 rings (SSSR count). The van der Waals surface area contributed by atoms with Gasteiger partial charge in [0.05, 0.1) is 28.4 Å². The van der Waals surface area contributed by atoms with Crippen LogP contribution in [0.3, 0.4) is 0 Å². The van der Waals surface area contributed by atoms with E-state index in [0.717, 1.165) is 40.8 Å². The smallest absolute Gasteiger partial charge is 0.335 e. The molecule has 1 saturated carbocycles. The summed E-state index contributed by atoms with van der Waals surface area (Å²) in [5, 5.41) is 18.2. The number of ether oxygens (including phenoxy) is 2. The minimum absolute atomic E-state index is 0.265. The molecule has 0 radical (unpaired) electrons. The van der Waals surface area contributed by atoms with Crippen LogP contribution in [0.25, 0.3) is 0 Å². The molecule has 3 aromatic rings. The summed E-state index contributed by atoms with van der Waals surface area (Å²) in [7, 11) is 0. The highest BCUT2D eigenvalue weighted by molar-refractivity contribution is 7.80. The molecule has 8 heteroatoms. The minimum Gasteiger partial charge on any atom is -0.478 e. The van der Waals surface area contributed by atoms with Gasteiger partial charge in [0, 0.05) is 12.6 Å². The summed E-state index contributed by atoms with van der Waals surface area (Å²) in [5.74, 6) is 1.27. The SMILES string of the molecule is CC(CC(C)C)=Nc1ccc(C(=O)O)cc1C.CC1CC1C.CCCCC.CCCCC(C)S.Cc1cccc2c1OC(C)(c1ccc(C#N)cc1F)O2. The van der Waals surface area contributed by atoms with Gasteiger partial charge in [-0.1, -0.05) is 99.6 Å². The molecule has 4 unspecified atom stereocenters. The maximum atomic E-state index is 14.1. The van der Waals surface area contributed by atoms with E-state index >= 15 is 0 Å². The largest absolute Gasteiger partial charge is 0.478 e. The number of hydrogen-bond donors (Lipinski definition) is 2. The number of carboxylic acid groups (broad SMARTS) is 1. The monoisotopic (exact) mass is 762 g/mol. The van der Waals surface area contributed by atoms with Crippen molar-refractivity contribution in [1.29, 1.82) is 5.26 Å². The van der Waals surface area contributed by atoms with Crippen molar-refractivity contribution in [1.82, 2.24) is 0 Å². The first-order valence-corrected chi connectivity index (χ1v) is 20.2. The van der Waals surface area contributed by atoms with Gasteiger partial charge in [-0.05, 0) is 117 Å². The van der Waals surface area contributed by atoms with E-state index in [1.165, 1.54) is 57.1 Å². The van der Waals surface area contributed by atoms with Crippen LogP contribution in [-0.2, 0) is 5.79 Å². The zero-order chi connectivity index (χ0) is 41.0. The van der Waals surface area contributed by atoms with Crippen LogP contribution in [-0.4, -0.2) is 22.0 Å². The Labute approximate surface area is 332 Å². The summed E-state index contributed by atoms with van der Waals surface area (Å²) < 4.78 is 25.7. The normalized spacial score (nSPS) is 18.2. The van der Waals surface area contributed by atoms with E-state index in [1.54, 1.807) is 37.3 Å². The quantitative estimate of drug-likeness (QED) is 0.158. The third-order valence-corrected chi connectivity index (χ3v) is 9.28. The van der Waals surface area contributed by atoms with Crippen molar-refractivity contribution in [3.8, 4) is 17.6 Å². The van der Waals surface area contributed by atoms with Crippen LogP contribution >= 0.6 is 12.6 Å². The molecule has 1 N–H and O–H groups in total. The molecule has 0 amide bonds. The van der Waals surface area contributed by atoms with E-state index < -0.39 is 17.6 Å². The zero-order valence-corrected chi connectivity index (χ0v) is 35.9. The molecule has 0 spiro atoms. The Hall–Kier alpha value is -3.83. The molecular weight excluding hydrogens is 696 g/mol. The molecule has 1 fully saturated rings. The molecule has 3 aromatic carbocycles.